The van der Waals surface area contributed by atoms with Crippen LogP contribution in [0.1, 0.15) is 13.8 Å². The van der Waals surface area contributed by atoms with Gasteiger partial charge in [-0.3, -0.25) is 9.59 Å². The maximum atomic E-state index is 12.7. The van der Waals surface area contributed by atoms with Gasteiger partial charge < -0.3 is 179 Å². The summed E-state index contributed by atoms with van der Waals surface area (Å²) in [7, 11) is 0. The standard InChI is InChI=1S/C46H78N2O36/c1-10(55)47-19-26(62)35(16(7-53)73-40(19)71)80-41-20(48-11(2)56)27(63)36(17(8-54)78-41)81-45-34(70)38(83-46-39(30(66)23(59)14(5-51)77-46)84-44-32(68)29(65)22(58)13(4-50)76-44)25(61)18(79-45)9-72-42-33(69)37(24(60)15(6-52)74-42)82-43-31(67)28(64)21(57)12(3-49)75-43/h12-46,49-54,57-71H,3-9H2,1-2H3,(H,47,55)(H,48,56)/t12-,13-,14-,15-,16-,17-,18-,19-,20-,21-,22-,23-,24-,25-,26-,27-,28+,29+,30+,31+,32+,33+,34+,35-,36-,37+,38+,39+,40-,41+,42+,43-,44+,45+,46-/m1/s1. The van der Waals surface area contributed by atoms with Crippen LogP contribution in [0.4, 0.5) is 0 Å². The molecule has 2 amide bonds. The number of hydrogen-bond donors (Lipinski definition) is 23. The molecule has 0 aliphatic carbocycles. The highest BCUT2D eigenvalue weighted by molar-refractivity contribution is 5.73. The van der Waals surface area contributed by atoms with Crippen molar-refractivity contribution in [1.82, 2.24) is 10.6 Å². The maximum Gasteiger partial charge on any atom is 0.217 e. The molecule has 7 rings (SSSR count). The van der Waals surface area contributed by atoms with Crippen molar-refractivity contribution >= 4 is 11.8 Å². The second-order valence-electron chi connectivity index (χ2n) is 21.1. The largest absolute Gasteiger partial charge is 0.394 e. The fraction of sp³-hybridized carbons (Fsp3) is 0.957. The van der Waals surface area contributed by atoms with Crippen LogP contribution in [0.3, 0.4) is 0 Å². The predicted octanol–water partition coefficient (Wildman–Crippen LogP) is -16.0. The number of carbonyl (C=O) groups is 2. The molecule has 0 spiro atoms. The van der Waals surface area contributed by atoms with Crippen molar-refractivity contribution in [2.45, 2.75) is 229 Å². The van der Waals surface area contributed by atoms with Crippen LogP contribution in [0.25, 0.3) is 0 Å². The van der Waals surface area contributed by atoms with Crippen LogP contribution in [0.15, 0.2) is 0 Å². The van der Waals surface area contributed by atoms with Crippen molar-refractivity contribution in [1.29, 1.82) is 0 Å². The lowest BCUT2D eigenvalue weighted by Gasteiger charge is -2.50. The predicted molar refractivity (Wildman–Crippen MR) is 255 cm³/mol. The Balaban J connectivity index is 1.20. The molecule has 38 nitrogen and oxygen atoms in total. The van der Waals surface area contributed by atoms with E-state index in [2.05, 4.69) is 10.6 Å². The van der Waals surface area contributed by atoms with E-state index < -0.39 is 273 Å². The van der Waals surface area contributed by atoms with Gasteiger partial charge in [-0.15, -0.1) is 0 Å². The summed E-state index contributed by atoms with van der Waals surface area (Å²) in [5.74, 6) is -1.62. The minimum Gasteiger partial charge on any atom is -0.394 e. The average molecular weight is 1240 g/mol. The van der Waals surface area contributed by atoms with Gasteiger partial charge in [0, 0.05) is 13.8 Å². The van der Waals surface area contributed by atoms with Crippen LogP contribution in [-0.2, 0) is 71.2 Å². The molecular weight excluding hydrogens is 1160 g/mol. The number of hydrogen-bond acceptors (Lipinski definition) is 36. The monoisotopic (exact) mass is 1230 g/mol. The Morgan fingerprint density at radius 1 is 0.310 bits per heavy atom. The number of nitrogens with one attached hydrogen (secondary N) is 2. The topological polar surface area (TPSA) is 603 Å². The normalized spacial score (nSPS) is 50.3. The van der Waals surface area contributed by atoms with Gasteiger partial charge in [0.1, 0.15) is 171 Å². The summed E-state index contributed by atoms with van der Waals surface area (Å²) in [4.78, 5) is 24.7. The minimum absolute atomic E-state index is 0.744. The van der Waals surface area contributed by atoms with Crippen LogP contribution < -0.4 is 10.6 Å². The first-order valence-electron chi connectivity index (χ1n) is 26.6. The molecule has 0 aromatic heterocycles. The zero-order chi connectivity index (χ0) is 61.9. The Hall–Kier alpha value is -2.42. The SMILES string of the molecule is CC(=O)N[C@@H]1[C@@H](O)[C@H](O[C@@H]2O[C@H](CO)[C@@H](O[C@@H]3O[C@H](CO[C@H]4O[C@H](CO)[C@@H](O)[C@H](O[C@H]5O[C@H](CO)[C@@H](O)[C@H](O)[C@@H]5O)[C@@H]4O)[C@@H](O)[C@H](O[C@H]4O[C@H](CO)[C@@H](O)[C@H](O)[C@@H]4O[C@@H]4O[C@H](CO)[C@@H](O)[C@H](O)[C@@H]4O)[C@@H]3O)[C@H](O)[C@H]2NC(C)=O)[C@@H](CO)O[C@H]1O. The lowest BCUT2D eigenvalue weighted by atomic mass is 9.94. The molecule has 488 valence electrons. The Kier molecular flexibility index (Phi) is 24.6. The molecule has 0 radical (unpaired) electrons. The van der Waals surface area contributed by atoms with Gasteiger partial charge in [-0.1, -0.05) is 0 Å². The van der Waals surface area contributed by atoms with Gasteiger partial charge in [0.25, 0.3) is 0 Å². The number of aliphatic hydroxyl groups excluding tert-OH is 21. The van der Waals surface area contributed by atoms with Crippen LogP contribution in [0.2, 0.25) is 0 Å². The number of rotatable bonds is 21. The molecule has 38 heteroatoms. The van der Waals surface area contributed by atoms with Gasteiger partial charge >= 0.3 is 0 Å². The van der Waals surface area contributed by atoms with Gasteiger partial charge in [0.05, 0.1) is 46.2 Å². The minimum atomic E-state index is -2.41. The molecular formula is C46H78N2O36. The summed E-state index contributed by atoms with van der Waals surface area (Å²) >= 11 is 0. The lowest BCUT2D eigenvalue weighted by molar-refractivity contribution is -0.398. The Morgan fingerprint density at radius 3 is 1.14 bits per heavy atom. The third-order valence-corrected chi connectivity index (χ3v) is 15.3. The summed E-state index contributed by atoms with van der Waals surface area (Å²) in [6, 6.07) is -3.40. The van der Waals surface area contributed by atoms with E-state index in [9.17, 15) is 117 Å². The van der Waals surface area contributed by atoms with Crippen molar-refractivity contribution in [3.8, 4) is 0 Å². The highest BCUT2D eigenvalue weighted by atomic mass is 16.8. The van der Waals surface area contributed by atoms with Crippen molar-refractivity contribution in [2.75, 3.05) is 46.2 Å². The van der Waals surface area contributed by atoms with Gasteiger partial charge in [-0.25, -0.2) is 0 Å². The number of aliphatic hydroxyl groups is 21. The molecule has 0 saturated carbocycles. The second kappa shape index (κ2) is 29.9. The Bertz CT molecular complexity index is 2060. The second-order valence-corrected chi connectivity index (χ2v) is 21.1. The van der Waals surface area contributed by atoms with Crippen molar-refractivity contribution in [2.24, 2.45) is 0 Å². The highest BCUT2D eigenvalue weighted by Gasteiger charge is 2.59. The molecule has 7 fully saturated rings. The van der Waals surface area contributed by atoms with Crippen molar-refractivity contribution < 1.29 is 178 Å². The van der Waals surface area contributed by atoms with Gasteiger partial charge in [-0.2, -0.15) is 0 Å². The summed E-state index contributed by atoms with van der Waals surface area (Å²) in [6.07, 6.45) is -65.9. The first-order valence-corrected chi connectivity index (χ1v) is 26.6. The van der Waals surface area contributed by atoms with Gasteiger partial charge in [0.2, 0.25) is 11.8 Å². The zero-order valence-electron chi connectivity index (χ0n) is 44.7. The number of ether oxygens (including phenoxy) is 13. The molecule has 0 bridgehead atoms. The van der Waals surface area contributed by atoms with Crippen LogP contribution in [0.5, 0.6) is 0 Å². The van der Waals surface area contributed by atoms with E-state index in [4.69, 9.17) is 61.6 Å². The summed E-state index contributed by atoms with van der Waals surface area (Å²) in [5, 5.41) is 232. The van der Waals surface area contributed by atoms with Crippen LogP contribution >= 0.6 is 0 Å². The molecule has 0 unspecified atom stereocenters. The summed E-state index contributed by atoms with van der Waals surface area (Å²) in [5.41, 5.74) is 0. The average Bonchev–Trinajstić information content (AvgIpc) is 2.62. The zero-order valence-corrected chi connectivity index (χ0v) is 44.7. The van der Waals surface area contributed by atoms with Gasteiger partial charge in [0.15, 0.2) is 44.0 Å². The first-order chi connectivity index (χ1) is 39.7. The Labute approximate surface area is 475 Å². The molecule has 0 aromatic carbocycles. The highest BCUT2D eigenvalue weighted by Crippen LogP contribution is 2.38. The summed E-state index contributed by atoms with van der Waals surface area (Å²) < 4.78 is 74.6. The van der Waals surface area contributed by atoms with Crippen molar-refractivity contribution in [3.63, 3.8) is 0 Å². The molecule has 23 N–H and O–H groups in total. The maximum absolute atomic E-state index is 12.7. The molecule has 0 aromatic rings. The van der Waals surface area contributed by atoms with Crippen molar-refractivity contribution in [3.05, 3.63) is 0 Å². The van der Waals surface area contributed by atoms with E-state index >= 15 is 0 Å². The van der Waals surface area contributed by atoms with Gasteiger partial charge in [-0.05, 0) is 0 Å². The van der Waals surface area contributed by atoms with E-state index in [1.54, 1.807) is 0 Å². The Morgan fingerprint density at radius 2 is 0.643 bits per heavy atom. The van der Waals surface area contributed by atoms with E-state index in [0.29, 0.717) is 0 Å². The molecule has 7 aliphatic rings. The fourth-order valence-corrected chi connectivity index (χ4v) is 10.7. The molecule has 84 heavy (non-hydrogen) atoms. The van der Waals surface area contributed by atoms with Crippen LogP contribution in [0, 0.1) is 0 Å². The number of amides is 2. The molecule has 7 saturated heterocycles. The number of carbonyl (C=O) groups excluding carboxylic acids is 2. The fourth-order valence-electron chi connectivity index (χ4n) is 10.7. The summed E-state index contributed by atoms with van der Waals surface area (Å²) in [6.45, 7) is -5.04. The van der Waals surface area contributed by atoms with E-state index in [1.165, 1.54) is 0 Å². The van der Waals surface area contributed by atoms with Crippen LogP contribution in [-0.4, -0.2) is 380 Å². The van der Waals surface area contributed by atoms with E-state index in [1.807, 2.05) is 0 Å². The quantitative estimate of drug-likeness (QED) is 0.0507. The van der Waals surface area contributed by atoms with E-state index in [-0.39, 0.29) is 0 Å². The third-order valence-electron chi connectivity index (χ3n) is 15.3. The third kappa shape index (κ3) is 14.7. The lowest BCUT2D eigenvalue weighted by Crippen LogP contribution is -2.70. The molecule has 7 aliphatic heterocycles. The smallest absolute Gasteiger partial charge is 0.217 e. The van der Waals surface area contributed by atoms with E-state index in [0.717, 1.165) is 13.8 Å². The molecule has 7 heterocycles. The first kappa shape index (κ1) is 69.1. The molecule has 35 atom stereocenters.